The summed E-state index contributed by atoms with van der Waals surface area (Å²) < 4.78 is 3.16. The van der Waals surface area contributed by atoms with Crippen LogP contribution in [0.5, 0.6) is 0 Å². The third kappa shape index (κ3) is 5.93. The van der Waals surface area contributed by atoms with Gasteiger partial charge in [-0.2, -0.15) is 10.5 Å². The molecule has 188 valence electrons. The maximum Gasteiger partial charge on any atom is 0.272 e. The van der Waals surface area contributed by atoms with Gasteiger partial charge in [0.15, 0.2) is 0 Å². The Hall–Kier alpha value is -4.28. The van der Waals surface area contributed by atoms with E-state index in [0.29, 0.717) is 36.2 Å². The van der Waals surface area contributed by atoms with E-state index in [0.717, 1.165) is 24.1 Å². The van der Waals surface area contributed by atoms with Crippen LogP contribution in [-0.2, 0) is 16.1 Å². The van der Waals surface area contributed by atoms with Crippen LogP contribution in [0.3, 0.4) is 0 Å². The van der Waals surface area contributed by atoms with Gasteiger partial charge >= 0.3 is 0 Å². The number of para-hydroxylation sites is 1. The molecule has 2 fully saturated rings. The van der Waals surface area contributed by atoms with Crippen LogP contribution in [0.15, 0.2) is 64.8 Å². The monoisotopic (exact) mass is 513 g/mol. The number of hydrogen-bond donors (Lipinski definition) is 3. The lowest BCUT2D eigenvalue weighted by Crippen LogP contribution is -2.47. The second-order valence-corrected chi connectivity index (χ2v) is 10.3. The van der Waals surface area contributed by atoms with Crippen molar-refractivity contribution in [2.75, 3.05) is 24.9 Å². The fourth-order valence-electron chi connectivity index (χ4n) is 4.11. The van der Waals surface area contributed by atoms with Gasteiger partial charge in [-0.1, -0.05) is 24.3 Å². The highest BCUT2D eigenvalue weighted by Crippen LogP contribution is 2.49. The highest BCUT2D eigenvalue weighted by molar-refractivity contribution is 8.02. The fourth-order valence-corrected chi connectivity index (χ4v) is 5.14. The van der Waals surface area contributed by atoms with Gasteiger partial charge in [0.2, 0.25) is 0 Å². The van der Waals surface area contributed by atoms with E-state index >= 15 is 0 Å². The van der Waals surface area contributed by atoms with Crippen LogP contribution >= 0.6 is 11.9 Å². The van der Waals surface area contributed by atoms with E-state index in [9.17, 15) is 14.9 Å². The fraction of sp³-hybridized carbons (Fsp3) is 0.296. The minimum Gasteiger partial charge on any atom is -0.394 e. The second-order valence-electron chi connectivity index (χ2n) is 8.98. The predicted octanol–water partition coefficient (Wildman–Crippen LogP) is 2.85. The minimum atomic E-state index is -0.462. The first-order valence-electron chi connectivity index (χ1n) is 11.8. The number of nitrogens with two attached hydrogens (primary N) is 1. The molecule has 0 spiro atoms. The lowest BCUT2D eigenvalue weighted by molar-refractivity contribution is -0.124. The molecule has 1 saturated carbocycles. The lowest BCUT2D eigenvalue weighted by atomic mass is 9.97. The number of nitriles is 2. The smallest absolute Gasteiger partial charge is 0.272 e. The van der Waals surface area contributed by atoms with Crippen molar-refractivity contribution in [3.05, 3.63) is 76.5 Å². The molecule has 10 heteroatoms. The summed E-state index contributed by atoms with van der Waals surface area (Å²) in [6, 6.07) is 18.5. The Morgan fingerprint density at radius 3 is 2.54 bits per heavy atom. The van der Waals surface area contributed by atoms with Crippen LogP contribution < -0.4 is 15.8 Å². The number of carbonyl (C=O) groups is 2. The topological polar surface area (TPSA) is 147 Å². The van der Waals surface area contributed by atoms with Crippen LogP contribution in [0.2, 0.25) is 0 Å². The number of aliphatic imine (C=N–C) groups is 1. The lowest BCUT2D eigenvalue weighted by Gasteiger charge is -2.32. The summed E-state index contributed by atoms with van der Waals surface area (Å²) in [6.07, 6.45) is 2.33. The summed E-state index contributed by atoms with van der Waals surface area (Å²) in [5, 5.41) is 21.0. The molecule has 2 amide bonds. The molecule has 0 aromatic heterocycles. The number of anilines is 1. The number of likely N-dealkylation sites (tertiary alicyclic amines) is 1. The highest BCUT2D eigenvalue weighted by atomic mass is 32.2. The molecular weight excluding hydrogens is 486 g/mol. The Bertz CT molecular complexity index is 1350. The summed E-state index contributed by atoms with van der Waals surface area (Å²) in [6.45, 7) is 1.22. The average Bonchev–Trinajstić information content (AvgIpc) is 3.71. The van der Waals surface area contributed by atoms with Gasteiger partial charge in [0.25, 0.3) is 11.8 Å². The van der Waals surface area contributed by atoms with Gasteiger partial charge in [0, 0.05) is 32.3 Å². The third-order valence-corrected chi connectivity index (χ3v) is 7.74. The molecule has 2 aromatic rings. The van der Waals surface area contributed by atoms with E-state index < -0.39 is 5.91 Å². The summed E-state index contributed by atoms with van der Waals surface area (Å²) in [7, 11) is 1.53. The summed E-state index contributed by atoms with van der Waals surface area (Å²) >= 11 is 1.54. The summed E-state index contributed by atoms with van der Waals surface area (Å²) in [5.74, 6) is -0.702. The number of carbonyl (C=O) groups excluding carboxylic acids is 2. The highest BCUT2D eigenvalue weighted by Gasteiger charge is 2.47. The van der Waals surface area contributed by atoms with Crippen molar-refractivity contribution >= 4 is 35.2 Å². The van der Waals surface area contributed by atoms with E-state index in [1.54, 1.807) is 47.2 Å². The molecule has 4 N–H and O–H groups in total. The van der Waals surface area contributed by atoms with Crippen molar-refractivity contribution in [1.82, 2.24) is 10.2 Å². The number of hydrogen-bond acceptors (Lipinski definition) is 8. The van der Waals surface area contributed by atoms with Crippen LogP contribution in [-0.4, -0.2) is 47.3 Å². The van der Waals surface area contributed by atoms with Crippen LogP contribution in [0.4, 0.5) is 5.69 Å². The zero-order valence-electron chi connectivity index (χ0n) is 20.5. The maximum atomic E-state index is 13.3. The van der Waals surface area contributed by atoms with Crippen molar-refractivity contribution in [1.29, 1.82) is 10.5 Å². The SMILES string of the molecule is CN=C1C(=O)N(CC2(SNc3ccccc3C#N)CC2)CCC1=C(N)C(=O)NCc1ccc(C#N)cc1. The van der Waals surface area contributed by atoms with E-state index in [4.69, 9.17) is 11.0 Å². The first-order valence-corrected chi connectivity index (χ1v) is 12.7. The Morgan fingerprint density at radius 2 is 1.89 bits per heavy atom. The largest absolute Gasteiger partial charge is 0.394 e. The molecule has 1 aliphatic heterocycles. The molecule has 0 radical (unpaired) electrons. The van der Waals surface area contributed by atoms with Crippen molar-refractivity contribution < 1.29 is 9.59 Å². The zero-order chi connectivity index (χ0) is 26.4. The van der Waals surface area contributed by atoms with E-state index in [1.807, 2.05) is 18.2 Å². The molecule has 1 aliphatic carbocycles. The van der Waals surface area contributed by atoms with Crippen LogP contribution in [0.1, 0.15) is 36.0 Å². The van der Waals surface area contributed by atoms with Crippen LogP contribution in [0, 0.1) is 22.7 Å². The molecule has 0 atom stereocenters. The first-order chi connectivity index (χ1) is 17.9. The molecule has 1 saturated heterocycles. The van der Waals surface area contributed by atoms with Crippen molar-refractivity contribution in [2.24, 2.45) is 10.7 Å². The quantitative estimate of drug-likeness (QED) is 0.363. The first kappa shape index (κ1) is 25.8. The van der Waals surface area contributed by atoms with Gasteiger partial charge in [0.05, 0.1) is 27.6 Å². The molecule has 4 rings (SSSR count). The van der Waals surface area contributed by atoms with E-state index in [-0.39, 0.29) is 28.6 Å². The Labute approximate surface area is 220 Å². The molecule has 2 aliphatic rings. The number of nitrogens with zero attached hydrogens (tertiary/aromatic N) is 4. The van der Waals surface area contributed by atoms with Gasteiger partial charge in [-0.25, -0.2) is 0 Å². The number of nitrogens with one attached hydrogen (secondary N) is 2. The van der Waals surface area contributed by atoms with E-state index in [2.05, 4.69) is 27.2 Å². The predicted molar refractivity (Wildman–Crippen MR) is 143 cm³/mol. The Morgan fingerprint density at radius 1 is 1.16 bits per heavy atom. The number of benzene rings is 2. The second kappa shape index (κ2) is 11.2. The molecule has 1 heterocycles. The Balaban J connectivity index is 1.38. The van der Waals surface area contributed by atoms with Gasteiger partial charge in [0.1, 0.15) is 17.5 Å². The van der Waals surface area contributed by atoms with Crippen LogP contribution in [0.25, 0.3) is 0 Å². The normalized spacial score (nSPS) is 18.5. The van der Waals surface area contributed by atoms with Gasteiger partial charge < -0.3 is 20.7 Å². The average molecular weight is 514 g/mol. The molecule has 2 aromatic carbocycles. The molecule has 9 nitrogen and oxygen atoms in total. The summed E-state index contributed by atoms with van der Waals surface area (Å²) in [5.41, 5.74) is 9.55. The summed E-state index contributed by atoms with van der Waals surface area (Å²) in [4.78, 5) is 32.0. The maximum absolute atomic E-state index is 13.3. The zero-order valence-corrected chi connectivity index (χ0v) is 21.3. The van der Waals surface area contributed by atoms with E-state index in [1.165, 1.54) is 7.05 Å². The number of piperidine rings is 1. The minimum absolute atomic E-state index is 0.00691. The molecule has 0 bridgehead atoms. The molecular formula is C27H27N7O2S. The third-order valence-electron chi connectivity index (χ3n) is 6.45. The number of amides is 2. The van der Waals surface area contributed by atoms with Gasteiger partial charge in [-0.3, -0.25) is 14.6 Å². The number of rotatable bonds is 8. The van der Waals surface area contributed by atoms with Crippen molar-refractivity contribution in [3.8, 4) is 12.1 Å². The van der Waals surface area contributed by atoms with Crippen molar-refractivity contribution in [2.45, 2.75) is 30.6 Å². The van der Waals surface area contributed by atoms with Gasteiger partial charge in [-0.05, 0) is 61.0 Å². The standard InChI is InChI=1S/C27H27N7O2S/c1-31-24-21(23(30)25(35)32-16-19-8-6-18(14-28)7-9-19)10-13-34(26(24)36)17-27(11-12-27)37-33-22-5-3-2-4-20(22)15-29/h2-9,33H,10-13,16-17,30H2,1H3,(H,32,35). The van der Waals surface area contributed by atoms with Crippen molar-refractivity contribution in [3.63, 3.8) is 0 Å². The molecule has 0 unspecified atom stereocenters. The van der Waals surface area contributed by atoms with Gasteiger partial charge in [-0.15, -0.1) is 0 Å². The molecule has 37 heavy (non-hydrogen) atoms. The Kier molecular flexibility index (Phi) is 7.80.